The molecule has 0 saturated carbocycles. The maximum absolute atomic E-state index is 13.7. The molecule has 0 saturated heterocycles. The summed E-state index contributed by atoms with van der Waals surface area (Å²) in [6.07, 6.45) is 1.46. The second-order valence-corrected chi connectivity index (χ2v) is 9.37. The largest absolute Gasteiger partial charge is 0.491 e. The van der Waals surface area contributed by atoms with Crippen molar-refractivity contribution in [3.63, 3.8) is 0 Å². The van der Waals surface area contributed by atoms with Crippen molar-refractivity contribution < 1.29 is 19.2 Å². The van der Waals surface area contributed by atoms with Gasteiger partial charge in [0.05, 0.1) is 33.4 Å². The average molecular weight is 508 g/mol. The molecule has 9 nitrogen and oxygen atoms in total. The first kappa shape index (κ1) is 25.1. The second kappa shape index (κ2) is 10.3. The van der Waals surface area contributed by atoms with Crippen molar-refractivity contribution >= 4 is 29.1 Å². The highest BCUT2D eigenvalue weighted by Crippen LogP contribution is 2.36. The van der Waals surface area contributed by atoms with Crippen LogP contribution < -0.4 is 19.6 Å². The maximum Gasteiger partial charge on any atom is 0.338 e. The van der Waals surface area contributed by atoms with Crippen LogP contribution in [-0.2, 0) is 9.53 Å². The Labute approximate surface area is 210 Å². The molecular weight excluding hydrogens is 482 g/mol. The van der Waals surface area contributed by atoms with Crippen molar-refractivity contribution in [1.82, 2.24) is 4.57 Å². The van der Waals surface area contributed by atoms with E-state index in [1.807, 2.05) is 32.0 Å². The van der Waals surface area contributed by atoms with E-state index in [4.69, 9.17) is 9.47 Å². The predicted molar refractivity (Wildman–Crippen MR) is 136 cm³/mol. The van der Waals surface area contributed by atoms with Crippen LogP contribution in [0.25, 0.3) is 6.08 Å². The van der Waals surface area contributed by atoms with Crippen molar-refractivity contribution in [3.8, 4) is 5.75 Å². The molecule has 0 N–H and O–H groups in total. The van der Waals surface area contributed by atoms with Crippen LogP contribution >= 0.6 is 11.3 Å². The van der Waals surface area contributed by atoms with Crippen LogP contribution in [0.4, 0.5) is 5.69 Å². The fourth-order valence-corrected chi connectivity index (χ4v) is 5.08. The molecule has 2 heterocycles. The number of nitro benzene ring substituents is 1. The van der Waals surface area contributed by atoms with Crippen molar-refractivity contribution in [3.05, 3.63) is 101 Å². The van der Waals surface area contributed by atoms with E-state index in [2.05, 4.69) is 4.99 Å². The second-order valence-electron chi connectivity index (χ2n) is 8.36. The Kier molecular flexibility index (Phi) is 7.16. The fourth-order valence-electron chi connectivity index (χ4n) is 4.03. The van der Waals surface area contributed by atoms with Gasteiger partial charge in [0.2, 0.25) is 0 Å². The highest BCUT2D eigenvalue weighted by molar-refractivity contribution is 7.07. The van der Waals surface area contributed by atoms with Crippen molar-refractivity contribution in [1.29, 1.82) is 0 Å². The van der Waals surface area contributed by atoms with Gasteiger partial charge in [-0.15, -0.1) is 0 Å². The van der Waals surface area contributed by atoms with E-state index in [9.17, 15) is 19.7 Å². The first-order valence-corrected chi connectivity index (χ1v) is 12.2. The van der Waals surface area contributed by atoms with Crippen LogP contribution in [0.2, 0.25) is 0 Å². The summed E-state index contributed by atoms with van der Waals surface area (Å²) >= 11 is 1.15. The molecule has 4 rings (SSSR count). The summed E-state index contributed by atoms with van der Waals surface area (Å²) in [7, 11) is 0. The number of para-hydroxylation sites is 1. The molecule has 0 aliphatic carbocycles. The Bertz CT molecular complexity index is 1550. The van der Waals surface area contributed by atoms with E-state index >= 15 is 0 Å². The van der Waals surface area contributed by atoms with E-state index in [-0.39, 0.29) is 29.5 Å². The Morgan fingerprint density at radius 2 is 2.00 bits per heavy atom. The number of nitro groups is 1. The van der Waals surface area contributed by atoms with Gasteiger partial charge in [0.25, 0.3) is 11.2 Å². The van der Waals surface area contributed by atoms with Gasteiger partial charge in [0.15, 0.2) is 4.80 Å². The summed E-state index contributed by atoms with van der Waals surface area (Å²) in [4.78, 5) is 42.5. The third-order valence-corrected chi connectivity index (χ3v) is 6.46. The van der Waals surface area contributed by atoms with Gasteiger partial charge in [-0.2, -0.15) is 0 Å². The highest BCUT2D eigenvalue weighted by Gasteiger charge is 2.35. The molecule has 0 fully saturated rings. The number of aromatic nitrogens is 1. The normalized spacial score (nSPS) is 15.5. The van der Waals surface area contributed by atoms with Gasteiger partial charge in [-0.05, 0) is 45.4 Å². The first-order valence-electron chi connectivity index (χ1n) is 11.4. The number of carbonyl (C=O) groups excluding carboxylic acids is 1. The lowest BCUT2D eigenvalue weighted by Gasteiger charge is -2.26. The third-order valence-electron chi connectivity index (χ3n) is 5.47. The number of thiazole rings is 1. The van der Waals surface area contributed by atoms with E-state index in [1.165, 1.54) is 16.7 Å². The Morgan fingerprint density at radius 1 is 1.25 bits per heavy atom. The summed E-state index contributed by atoms with van der Waals surface area (Å²) < 4.78 is 13.2. The molecule has 10 heteroatoms. The zero-order valence-corrected chi connectivity index (χ0v) is 21.1. The summed E-state index contributed by atoms with van der Waals surface area (Å²) in [5.41, 5.74) is 1.40. The number of ether oxygens (including phenoxy) is 2. The number of fused-ring (bicyclic) bond motifs is 1. The lowest BCUT2D eigenvalue weighted by molar-refractivity contribution is -0.384. The lowest BCUT2D eigenvalue weighted by atomic mass is 9.95. The number of hydrogen-bond donors (Lipinski definition) is 0. The third kappa shape index (κ3) is 4.85. The molecule has 36 heavy (non-hydrogen) atoms. The number of allylic oxidation sites excluding steroid dienone is 1. The quantitative estimate of drug-likeness (QED) is 0.275. The number of nitrogens with zero attached hydrogens (tertiary/aromatic N) is 3. The molecule has 1 aliphatic rings. The number of hydrogen-bond acceptors (Lipinski definition) is 8. The zero-order valence-electron chi connectivity index (χ0n) is 20.3. The van der Waals surface area contributed by atoms with Crippen molar-refractivity contribution in [2.45, 2.75) is 39.8 Å². The molecule has 1 aromatic heterocycles. The predicted octanol–water partition coefficient (Wildman–Crippen LogP) is 3.49. The van der Waals surface area contributed by atoms with E-state index < -0.39 is 16.9 Å². The molecule has 0 unspecified atom stereocenters. The molecule has 0 amide bonds. The van der Waals surface area contributed by atoms with Crippen molar-refractivity contribution in [2.75, 3.05) is 6.61 Å². The Balaban J connectivity index is 1.97. The lowest BCUT2D eigenvalue weighted by Crippen LogP contribution is -2.40. The van der Waals surface area contributed by atoms with Gasteiger partial charge in [-0.3, -0.25) is 19.5 Å². The van der Waals surface area contributed by atoms with E-state index in [1.54, 1.807) is 38.1 Å². The SMILES string of the molecule is CCOC(=O)C1=C(C)N=c2s/c(=C/c3cccc([N+](=O)[O-])c3)c(=O)n2[C@@H]1c1ccccc1OC(C)C. The minimum atomic E-state index is -0.817. The molecule has 3 aromatic rings. The molecular formula is C26H25N3O6S. The summed E-state index contributed by atoms with van der Waals surface area (Å²) in [5, 5.41) is 11.2. The Morgan fingerprint density at radius 3 is 2.69 bits per heavy atom. The van der Waals surface area contributed by atoms with Gasteiger partial charge in [0.1, 0.15) is 11.8 Å². The van der Waals surface area contributed by atoms with Crippen LogP contribution in [0.3, 0.4) is 0 Å². The zero-order chi connectivity index (χ0) is 26.0. The minimum absolute atomic E-state index is 0.0744. The summed E-state index contributed by atoms with van der Waals surface area (Å²) in [6, 6.07) is 12.5. The number of esters is 1. The minimum Gasteiger partial charge on any atom is -0.491 e. The first-order chi connectivity index (χ1) is 17.2. The van der Waals surface area contributed by atoms with Gasteiger partial charge in [-0.1, -0.05) is 41.7 Å². The van der Waals surface area contributed by atoms with E-state index in [0.29, 0.717) is 31.9 Å². The number of carbonyl (C=O) groups is 1. The standard InChI is InChI=1S/C26H25N3O6S/c1-5-34-25(31)22-16(4)27-26-28(23(22)19-11-6-7-12-20(19)35-15(2)3)24(30)21(36-26)14-17-9-8-10-18(13-17)29(32)33/h6-15,23H,5H2,1-4H3/b21-14+/t23-/m1/s1. The molecule has 186 valence electrons. The van der Waals surface area contributed by atoms with Crippen LogP contribution in [-0.4, -0.2) is 28.2 Å². The van der Waals surface area contributed by atoms with E-state index in [0.717, 1.165) is 11.3 Å². The van der Waals surface area contributed by atoms with Crippen LogP contribution in [0, 0.1) is 10.1 Å². The van der Waals surface area contributed by atoms with Crippen LogP contribution in [0.1, 0.15) is 44.9 Å². The molecule has 0 spiro atoms. The number of rotatable bonds is 7. The average Bonchev–Trinajstić information content (AvgIpc) is 3.13. The Hall–Kier alpha value is -4.05. The molecule has 0 radical (unpaired) electrons. The molecule has 1 atom stereocenters. The van der Waals surface area contributed by atoms with Gasteiger partial charge < -0.3 is 9.47 Å². The maximum atomic E-state index is 13.7. The monoisotopic (exact) mass is 507 g/mol. The highest BCUT2D eigenvalue weighted by atomic mass is 32.1. The fraction of sp³-hybridized carbons (Fsp3) is 0.269. The molecule has 2 aromatic carbocycles. The molecule has 1 aliphatic heterocycles. The van der Waals surface area contributed by atoms with Crippen LogP contribution in [0.15, 0.2) is 69.6 Å². The number of non-ortho nitro benzene ring substituents is 1. The molecule has 0 bridgehead atoms. The smallest absolute Gasteiger partial charge is 0.338 e. The number of benzene rings is 2. The van der Waals surface area contributed by atoms with Gasteiger partial charge in [0, 0.05) is 17.7 Å². The van der Waals surface area contributed by atoms with Crippen molar-refractivity contribution in [2.24, 2.45) is 4.99 Å². The topological polar surface area (TPSA) is 113 Å². The summed E-state index contributed by atoms with van der Waals surface area (Å²) in [5.74, 6) is -0.0154. The summed E-state index contributed by atoms with van der Waals surface area (Å²) in [6.45, 7) is 7.39. The van der Waals surface area contributed by atoms with Gasteiger partial charge >= 0.3 is 5.97 Å². The van der Waals surface area contributed by atoms with Gasteiger partial charge in [-0.25, -0.2) is 9.79 Å². The van der Waals surface area contributed by atoms with Crippen LogP contribution in [0.5, 0.6) is 5.75 Å².